The Labute approximate surface area is 141 Å². The summed E-state index contributed by atoms with van der Waals surface area (Å²) in [5.74, 6) is 2.43. The van der Waals surface area contributed by atoms with Crippen LogP contribution < -0.4 is 14.8 Å². The van der Waals surface area contributed by atoms with Gasteiger partial charge in [-0.25, -0.2) is 4.98 Å². The number of aromatic nitrogens is 2. The van der Waals surface area contributed by atoms with Gasteiger partial charge in [-0.15, -0.1) is 0 Å². The van der Waals surface area contributed by atoms with Gasteiger partial charge in [0.2, 0.25) is 5.91 Å². The van der Waals surface area contributed by atoms with Crippen molar-refractivity contribution in [3.63, 3.8) is 0 Å². The molecule has 1 atom stereocenters. The van der Waals surface area contributed by atoms with Crippen molar-refractivity contribution in [2.45, 2.75) is 32.7 Å². The highest BCUT2D eigenvalue weighted by Gasteiger charge is 2.26. The summed E-state index contributed by atoms with van der Waals surface area (Å²) in [7, 11) is 3.23. The molecule has 0 aliphatic heterocycles. The zero-order chi connectivity index (χ0) is 17.1. The van der Waals surface area contributed by atoms with Gasteiger partial charge in [-0.1, -0.05) is 0 Å². The number of H-pyrrole nitrogens is 1. The standard InChI is InChI=1S/C18H23N3O3/c1-11-20-15-7-5-12(8-16(15)21-11)18(22)19-10-13-4-6-14(23-2)9-17(13)24-3/h4,6,9,12H,5,7-8,10H2,1-3H3,(H,19,22)(H,20,21). The van der Waals surface area contributed by atoms with E-state index in [0.717, 1.165) is 47.8 Å². The Bertz CT molecular complexity index is 739. The fourth-order valence-electron chi connectivity index (χ4n) is 3.17. The number of benzene rings is 1. The van der Waals surface area contributed by atoms with Crippen LogP contribution in [-0.2, 0) is 24.2 Å². The molecule has 24 heavy (non-hydrogen) atoms. The van der Waals surface area contributed by atoms with Crippen LogP contribution in [0.3, 0.4) is 0 Å². The molecule has 0 saturated carbocycles. The maximum atomic E-state index is 12.5. The van der Waals surface area contributed by atoms with E-state index >= 15 is 0 Å². The average molecular weight is 329 g/mol. The number of aryl methyl sites for hydroxylation is 2. The van der Waals surface area contributed by atoms with Crippen LogP contribution >= 0.6 is 0 Å². The molecule has 2 N–H and O–H groups in total. The summed E-state index contributed by atoms with van der Waals surface area (Å²) in [4.78, 5) is 20.2. The van der Waals surface area contributed by atoms with Gasteiger partial charge in [-0.05, 0) is 31.9 Å². The molecule has 0 fully saturated rings. The fourth-order valence-corrected chi connectivity index (χ4v) is 3.17. The first-order chi connectivity index (χ1) is 11.6. The number of fused-ring (bicyclic) bond motifs is 1. The Kier molecular flexibility index (Phi) is 4.74. The van der Waals surface area contributed by atoms with E-state index < -0.39 is 0 Å². The Hall–Kier alpha value is -2.50. The number of rotatable bonds is 5. The van der Waals surface area contributed by atoms with E-state index in [0.29, 0.717) is 12.3 Å². The predicted molar refractivity (Wildman–Crippen MR) is 90.2 cm³/mol. The minimum absolute atomic E-state index is 0.0124. The van der Waals surface area contributed by atoms with Crippen molar-refractivity contribution < 1.29 is 14.3 Å². The summed E-state index contributed by atoms with van der Waals surface area (Å²) < 4.78 is 10.6. The molecule has 1 amide bonds. The number of hydrogen-bond acceptors (Lipinski definition) is 4. The van der Waals surface area contributed by atoms with Crippen LogP contribution in [0.25, 0.3) is 0 Å². The number of carbonyl (C=O) groups excluding carboxylic acids is 1. The number of imidazole rings is 1. The highest BCUT2D eigenvalue weighted by atomic mass is 16.5. The second-order valence-corrected chi connectivity index (χ2v) is 6.08. The molecule has 1 aromatic carbocycles. The number of aromatic amines is 1. The SMILES string of the molecule is COc1ccc(CNC(=O)C2CCc3nc(C)[nH]c3C2)c(OC)c1. The van der Waals surface area contributed by atoms with Gasteiger partial charge in [-0.3, -0.25) is 4.79 Å². The Balaban J connectivity index is 1.62. The lowest BCUT2D eigenvalue weighted by Crippen LogP contribution is -2.33. The van der Waals surface area contributed by atoms with Crippen molar-refractivity contribution in [2.24, 2.45) is 5.92 Å². The molecule has 6 heteroatoms. The molecule has 1 heterocycles. The molecule has 128 valence electrons. The molecule has 3 rings (SSSR count). The molecule has 0 spiro atoms. The van der Waals surface area contributed by atoms with Crippen molar-refractivity contribution in [3.05, 3.63) is 41.0 Å². The van der Waals surface area contributed by atoms with E-state index in [1.807, 2.05) is 25.1 Å². The van der Waals surface area contributed by atoms with Crippen LogP contribution in [0.15, 0.2) is 18.2 Å². The number of amides is 1. The molecule has 1 unspecified atom stereocenters. The van der Waals surface area contributed by atoms with Crippen molar-refractivity contribution in [1.29, 1.82) is 0 Å². The van der Waals surface area contributed by atoms with Gasteiger partial charge in [0.1, 0.15) is 17.3 Å². The normalized spacial score (nSPS) is 16.4. The Morgan fingerprint density at radius 1 is 1.38 bits per heavy atom. The maximum Gasteiger partial charge on any atom is 0.223 e. The van der Waals surface area contributed by atoms with Crippen LogP contribution in [0.4, 0.5) is 0 Å². The van der Waals surface area contributed by atoms with Crippen LogP contribution in [0.2, 0.25) is 0 Å². The monoisotopic (exact) mass is 329 g/mol. The third kappa shape index (κ3) is 3.37. The van der Waals surface area contributed by atoms with E-state index in [9.17, 15) is 4.79 Å². The third-order valence-electron chi connectivity index (χ3n) is 4.48. The van der Waals surface area contributed by atoms with E-state index in [2.05, 4.69) is 15.3 Å². The number of nitrogens with one attached hydrogen (secondary N) is 2. The largest absolute Gasteiger partial charge is 0.497 e. The third-order valence-corrected chi connectivity index (χ3v) is 4.48. The lowest BCUT2D eigenvalue weighted by atomic mass is 9.89. The van der Waals surface area contributed by atoms with E-state index in [1.165, 1.54) is 0 Å². The summed E-state index contributed by atoms with van der Waals surface area (Å²) in [5, 5.41) is 3.02. The molecule has 1 aromatic heterocycles. The van der Waals surface area contributed by atoms with Gasteiger partial charge in [0.05, 0.1) is 19.9 Å². The predicted octanol–water partition coefficient (Wildman–Crippen LogP) is 2.16. The van der Waals surface area contributed by atoms with E-state index in [-0.39, 0.29) is 11.8 Å². The lowest BCUT2D eigenvalue weighted by molar-refractivity contribution is -0.125. The smallest absolute Gasteiger partial charge is 0.223 e. The minimum atomic E-state index is -0.0124. The van der Waals surface area contributed by atoms with Crippen LogP contribution in [0, 0.1) is 12.8 Å². The first-order valence-corrected chi connectivity index (χ1v) is 8.13. The summed E-state index contributed by atoms with van der Waals surface area (Å²) in [6.45, 7) is 2.39. The number of hydrogen-bond donors (Lipinski definition) is 2. The van der Waals surface area contributed by atoms with Crippen LogP contribution in [0.1, 0.15) is 29.2 Å². The van der Waals surface area contributed by atoms with Crippen molar-refractivity contribution in [2.75, 3.05) is 14.2 Å². The van der Waals surface area contributed by atoms with Gasteiger partial charge in [0, 0.05) is 36.2 Å². The Morgan fingerprint density at radius 2 is 2.21 bits per heavy atom. The van der Waals surface area contributed by atoms with Crippen molar-refractivity contribution >= 4 is 5.91 Å². The zero-order valence-electron chi connectivity index (χ0n) is 14.3. The lowest BCUT2D eigenvalue weighted by Gasteiger charge is -2.21. The van der Waals surface area contributed by atoms with Gasteiger partial charge in [0.15, 0.2) is 0 Å². The van der Waals surface area contributed by atoms with E-state index in [1.54, 1.807) is 14.2 Å². The quantitative estimate of drug-likeness (QED) is 0.881. The average Bonchev–Trinajstić information content (AvgIpc) is 2.98. The summed E-state index contributed by atoms with van der Waals surface area (Å²) in [6, 6.07) is 5.60. The molecule has 1 aliphatic carbocycles. The van der Waals surface area contributed by atoms with Crippen molar-refractivity contribution in [3.8, 4) is 11.5 Å². The summed E-state index contributed by atoms with van der Waals surface area (Å²) in [5.41, 5.74) is 3.13. The zero-order valence-corrected chi connectivity index (χ0v) is 14.3. The fraction of sp³-hybridized carbons (Fsp3) is 0.444. The summed E-state index contributed by atoms with van der Waals surface area (Å²) >= 11 is 0. The number of methoxy groups -OCH3 is 2. The first kappa shape index (κ1) is 16.4. The van der Waals surface area contributed by atoms with Gasteiger partial charge < -0.3 is 19.8 Å². The highest BCUT2D eigenvalue weighted by Crippen LogP contribution is 2.26. The van der Waals surface area contributed by atoms with Crippen LogP contribution in [0.5, 0.6) is 11.5 Å². The maximum absolute atomic E-state index is 12.5. The molecular formula is C18H23N3O3. The van der Waals surface area contributed by atoms with Gasteiger partial charge in [-0.2, -0.15) is 0 Å². The molecular weight excluding hydrogens is 306 g/mol. The minimum Gasteiger partial charge on any atom is -0.497 e. The van der Waals surface area contributed by atoms with E-state index in [4.69, 9.17) is 9.47 Å². The first-order valence-electron chi connectivity index (χ1n) is 8.13. The van der Waals surface area contributed by atoms with Gasteiger partial charge in [0.25, 0.3) is 0 Å². The topological polar surface area (TPSA) is 76.2 Å². The van der Waals surface area contributed by atoms with Crippen LogP contribution in [-0.4, -0.2) is 30.1 Å². The molecule has 0 bridgehead atoms. The molecule has 2 aromatic rings. The molecule has 6 nitrogen and oxygen atoms in total. The second-order valence-electron chi connectivity index (χ2n) is 6.08. The van der Waals surface area contributed by atoms with Gasteiger partial charge >= 0.3 is 0 Å². The molecule has 1 aliphatic rings. The number of carbonyl (C=O) groups is 1. The number of ether oxygens (including phenoxy) is 2. The second kappa shape index (κ2) is 6.95. The Morgan fingerprint density at radius 3 is 2.96 bits per heavy atom. The number of nitrogens with zero attached hydrogens (tertiary/aromatic N) is 1. The summed E-state index contributed by atoms with van der Waals surface area (Å²) in [6.07, 6.45) is 2.41. The van der Waals surface area contributed by atoms with Crippen molar-refractivity contribution in [1.82, 2.24) is 15.3 Å². The molecule has 0 saturated heterocycles. The highest BCUT2D eigenvalue weighted by molar-refractivity contribution is 5.79. The molecule has 0 radical (unpaired) electrons.